The first-order valence-corrected chi connectivity index (χ1v) is 8.28. The van der Waals surface area contributed by atoms with Crippen LogP contribution in [0, 0.1) is 13.8 Å². The summed E-state index contributed by atoms with van der Waals surface area (Å²) in [5, 5.41) is 6.45. The fourth-order valence-electron chi connectivity index (χ4n) is 2.47. The molecule has 0 unspecified atom stereocenters. The van der Waals surface area contributed by atoms with Gasteiger partial charge in [0.25, 0.3) is 0 Å². The average molecular weight is 320 g/mol. The van der Waals surface area contributed by atoms with E-state index >= 15 is 0 Å². The zero-order valence-electron chi connectivity index (χ0n) is 12.2. The summed E-state index contributed by atoms with van der Waals surface area (Å²) >= 11 is 7.59. The lowest BCUT2D eigenvalue weighted by Crippen LogP contribution is -2.18. The van der Waals surface area contributed by atoms with E-state index in [9.17, 15) is 0 Å². The fourth-order valence-corrected chi connectivity index (χ4v) is 3.52. The Morgan fingerprint density at radius 1 is 1.24 bits per heavy atom. The third kappa shape index (κ3) is 3.12. The minimum atomic E-state index is 0.789. The molecule has 2 heterocycles. The van der Waals surface area contributed by atoms with Gasteiger partial charge in [-0.3, -0.25) is 4.40 Å². The highest BCUT2D eigenvalue weighted by Gasteiger charge is 2.11. The number of hydrogen-bond acceptors (Lipinski definition) is 3. The van der Waals surface area contributed by atoms with Crippen molar-refractivity contribution in [1.82, 2.24) is 14.7 Å². The van der Waals surface area contributed by atoms with Gasteiger partial charge in [-0.15, -0.1) is 11.3 Å². The molecular formula is C16H18ClN3S. The molecule has 0 aliphatic heterocycles. The van der Waals surface area contributed by atoms with Gasteiger partial charge in [0.2, 0.25) is 0 Å². The zero-order valence-corrected chi connectivity index (χ0v) is 13.8. The van der Waals surface area contributed by atoms with E-state index in [2.05, 4.69) is 46.1 Å². The van der Waals surface area contributed by atoms with Crippen molar-refractivity contribution in [2.45, 2.75) is 26.8 Å². The van der Waals surface area contributed by atoms with E-state index in [1.165, 1.54) is 17.0 Å². The standard InChI is InChI=1S/C16H18ClN3S/c1-11-10-21-16-19-12(2)15(20(11)16)9-18-8-7-13-3-5-14(17)6-4-13/h3-6,10,18H,7-9H2,1-2H3. The van der Waals surface area contributed by atoms with Crippen molar-refractivity contribution < 1.29 is 0 Å². The van der Waals surface area contributed by atoms with Crippen LogP contribution in [0.1, 0.15) is 22.6 Å². The van der Waals surface area contributed by atoms with Crippen molar-refractivity contribution in [3.05, 3.63) is 57.3 Å². The first-order chi connectivity index (χ1) is 10.1. The highest BCUT2D eigenvalue weighted by atomic mass is 35.5. The van der Waals surface area contributed by atoms with Crippen LogP contribution in [0.5, 0.6) is 0 Å². The molecule has 1 aromatic carbocycles. The van der Waals surface area contributed by atoms with Gasteiger partial charge in [0.1, 0.15) is 0 Å². The van der Waals surface area contributed by atoms with Crippen molar-refractivity contribution >= 4 is 27.9 Å². The summed E-state index contributed by atoms with van der Waals surface area (Å²) in [5.41, 5.74) is 4.93. The number of halogens is 1. The van der Waals surface area contributed by atoms with Crippen LogP contribution in [0.15, 0.2) is 29.6 Å². The van der Waals surface area contributed by atoms with Gasteiger partial charge in [-0.25, -0.2) is 4.98 Å². The van der Waals surface area contributed by atoms with Crippen molar-refractivity contribution in [3.8, 4) is 0 Å². The van der Waals surface area contributed by atoms with Crippen molar-refractivity contribution in [2.24, 2.45) is 0 Å². The summed E-state index contributed by atoms with van der Waals surface area (Å²) in [6, 6.07) is 8.04. The topological polar surface area (TPSA) is 29.3 Å². The van der Waals surface area contributed by atoms with Crippen LogP contribution in [0.2, 0.25) is 5.02 Å². The maximum absolute atomic E-state index is 5.89. The van der Waals surface area contributed by atoms with E-state index in [1.807, 2.05) is 12.1 Å². The Bertz CT molecular complexity index is 743. The Balaban J connectivity index is 1.60. The third-order valence-corrected chi connectivity index (χ3v) is 4.82. The Labute approximate surface area is 133 Å². The highest BCUT2D eigenvalue weighted by molar-refractivity contribution is 7.15. The van der Waals surface area contributed by atoms with E-state index in [1.54, 1.807) is 11.3 Å². The molecule has 3 aromatic rings. The van der Waals surface area contributed by atoms with Crippen LogP contribution >= 0.6 is 22.9 Å². The molecule has 110 valence electrons. The summed E-state index contributed by atoms with van der Waals surface area (Å²) in [6.45, 7) is 5.99. The molecule has 0 atom stereocenters. The Kier molecular flexibility index (Phi) is 4.29. The molecule has 3 rings (SSSR count). The van der Waals surface area contributed by atoms with Gasteiger partial charge in [-0.05, 0) is 44.5 Å². The second-order valence-electron chi connectivity index (χ2n) is 5.19. The maximum atomic E-state index is 5.89. The minimum Gasteiger partial charge on any atom is -0.311 e. The molecule has 0 aliphatic carbocycles. The van der Waals surface area contributed by atoms with Crippen LogP contribution in [-0.4, -0.2) is 15.9 Å². The molecule has 1 N–H and O–H groups in total. The van der Waals surface area contributed by atoms with Gasteiger partial charge in [0, 0.05) is 22.6 Å². The summed E-state index contributed by atoms with van der Waals surface area (Å²) in [4.78, 5) is 5.69. The lowest BCUT2D eigenvalue weighted by atomic mass is 10.1. The molecule has 0 spiro atoms. The van der Waals surface area contributed by atoms with Crippen LogP contribution in [0.4, 0.5) is 0 Å². The molecule has 0 amide bonds. The predicted octanol–water partition coefficient (Wildman–Crippen LogP) is 4.00. The van der Waals surface area contributed by atoms with E-state index < -0.39 is 0 Å². The molecule has 2 aromatic heterocycles. The lowest BCUT2D eigenvalue weighted by molar-refractivity contribution is 0.667. The molecule has 0 saturated heterocycles. The van der Waals surface area contributed by atoms with E-state index in [-0.39, 0.29) is 0 Å². The summed E-state index contributed by atoms with van der Waals surface area (Å²) in [6.07, 6.45) is 1.00. The molecule has 0 fully saturated rings. The Morgan fingerprint density at radius 2 is 2.00 bits per heavy atom. The number of fused-ring (bicyclic) bond motifs is 1. The van der Waals surface area contributed by atoms with Gasteiger partial charge >= 0.3 is 0 Å². The SMILES string of the molecule is Cc1nc2scc(C)n2c1CNCCc1ccc(Cl)cc1. The molecule has 3 nitrogen and oxygen atoms in total. The molecule has 0 aliphatic rings. The number of hydrogen-bond donors (Lipinski definition) is 1. The number of imidazole rings is 1. The molecule has 0 saturated carbocycles. The number of rotatable bonds is 5. The number of benzene rings is 1. The fraction of sp³-hybridized carbons (Fsp3) is 0.312. The van der Waals surface area contributed by atoms with Gasteiger partial charge in [0.05, 0.1) is 11.4 Å². The first-order valence-electron chi connectivity index (χ1n) is 7.02. The molecule has 0 radical (unpaired) electrons. The summed E-state index contributed by atoms with van der Waals surface area (Å²) in [7, 11) is 0. The van der Waals surface area contributed by atoms with Gasteiger partial charge in [-0.1, -0.05) is 23.7 Å². The van der Waals surface area contributed by atoms with Gasteiger partial charge in [-0.2, -0.15) is 0 Å². The van der Waals surface area contributed by atoms with E-state index in [0.717, 1.165) is 35.2 Å². The predicted molar refractivity (Wildman–Crippen MR) is 89.4 cm³/mol. The number of aromatic nitrogens is 2. The minimum absolute atomic E-state index is 0.789. The monoisotopic (exact) mass is 319 g/mol. The summed E-state index contributed by atoms with van der Waals surface area (Å²) < 4.78 is 2.25. The van der Waals surface area contributed by atoms with Crippen LogP contribution < -0.4 is 5.32 Å². The number of nitrogens with one attached hydrogen (secondary N) is 1. The second-order valence-corrected chi connectivity index (χ2v) is 6.47. The Hall–Kier alpha value is -1.36. The van der Waals surface area contributed by atoms with Gasteiger partial charge < -0.3 is 5.32 Å². The quantitative estimate of drug-likeness (QED) is 0.720. The molecule has 0 bridgehead atoms. The second kappa shape index (κ2) is 6.18. The van der Waals surface area contributed by atoms with Crippen molar-refractivity contribution in [2.75, 3.05) is 6.54 Å². The maximum Gasteiger partial charge on any atom is 0.194 e. The number of aryl methyl sites for hydroxylation is 2. The molecule has 5 heteroatoms. The first kappa shape index (κ1) is 14.6. The average Bonchev–Trinajstić information content (AvgIpc) is 2.97. The lowest BCUT2D eigenvalue weighted by Gasteiger charge is -2.06. The van der Waals surface area contributed by atoms with Crippen molar-refractivity contribution in [3.63, 3.8) is 0 Å². The smallest absolute Gasteiger partial charge is 0.194 e. The van der Waals surface area contributed by atoms with Crippen LogP contribution in [0.25, 0.3) is 4.96 Å². The van der Waals surface area contributed by atoms with E-state index in [0.29, 0.717) is 0 Å². The Morgan fingerprint density at radius 3 is 2.76 bits per heavy atom. The highest BCUT2D eigenvalue weighted by Crippen LogP contribution is 2.20. The van der Waals surface area contributed by atoms with E-state index in [4.69, 9.17) is 11.6 Å². The third-order valence-electron chi connectivity index (χ3n) is 3.63. The molecule has 21 heavy (non-hydrogen) atoms. The zero-order chi connectivity index (χ0) is 14.8. The number of nitrogens with zero attached hydrogens (tertiary/aromatic N) is 2. The van der Waals surface area contributed by atoms with Crippen molar-refractivity contribution in [1.29, 1.82) is 0 Å². The largest absolute Gasteiger partial charge is 0.311 e. The molecular weight excluding hydrogens is 302 g/mol. The van der Waals surface area contributed by atoms with Crippen LogP contribution in [-0.2, 0) is 13.0 Å². The summed E-state index contributed by atoms with van der Waals surface area (Å²) in [5.74, 6) is 0. The van der Waals surface area contributed by atoms with Crippen LogP contribution in [0.3, 0.4) is 0 Å². The number of thiazole rings is 1. The van der Waals surface area contributed by atoms with Gasteiger partial charge in [0.15, 0.2) is 4.96 Å². The normalized spacial score (nSPS) is 11.4.